The van der Waals surface area contributed by atoms with Crippen LogP contribution in [0.2, 0.25) is 10.2 Å². The van der Waals surface area contributed by atoms with E-state index in [1.165, 1.54) is 0 Å². The van der Waals surface area contributed by atoms with E-state index in [-0.39, 0.29) is 6.61 Å². The quantitative estimate of drug-likeness (QED) is 0.623. The van der Waals surface area contributed by atoms with E-state index in [1.54, 1.807) is 12.1 Å². The number of aromatic nitrogens is 1. The first-order valence-electron chi connectivity index (χ1n) is 4.95. The Labute approximate surface area is 132 Å². The zero-order valence-electron chi connectivity index (χ0n) is 8.96. The summed E-state index contributed by atoms with van der Waals surface area (Å²) in [5, 5.41) is 0.923. The third kappa shape index (κ3) is 3.38. The third-order valence-electron chi connectivity index (χ3n) is 2.16. The topological polar surface area (TPSA) is 22.1 Å². The lowest BCUT2D eigenvalue weighted by atomic mass is 10.3. The van der Waals surface area contributed by atoms with Crippen LogP contribution in [0.4, 0.5) is 0 Å². The number of hydrogen-bond acceptors (Lipinski definition) is 2. The minimum atomic E-state index is 0.251. The van der Waals surface area contributed by atoms with E-state index >= 15 is 0 Å². The van der Waals surface area contributed by atoms with Gasteiger partial charge in [-0.1, -0.05) is 29.3 Å². The van der Waals surface area contributed by atoms with Crippen LogP contribution in [-0.2, 0) is 6.61 Å². The van der Waals surface area contributed by atoms with Gasteiger partial charge >= 0.3 is 0 Å². The summed E-state index contributed by atoms with van der Waals surface area (Å²) in [4.78, 5) is 4.12. The lowest BCUT2D eigenvalue weighted by Gasteiger charge is -2.10. The van der Waals surface area contributed by atoms with Crippen LogP contribution in [0.1, 0.15) is 5.69 Å². The van der Waals surface area contributed by atoms with E-state index in [0.717, 1.165) is 8.95 Å². The SMILES string of the molecule is Clc1ccc(Cl)c(COc2c(Br)cccc2Br)n1. The molecule has 0 N–H and O–H groups in total. The van der Waals surface area contributed by atoms with E-state index in [4.69, 9.17) is 27.9 Å². The molecule has 2 nitrogen and oxygen atoms in total. The first kappa shape index (κ1) is 14.1. The molecule has 0 radical (unpaired) electrons. The molecule has 0 saturated heterocycles. The number of rotatable bonds is 3. The van der Waals surface area contributed by atoms with Crippen molar-refractivity contribution in [3.05, 3.63) is 55.1 Å². The summed E-state index contributed by atoms with van der Waals surface area (Å²) in [7, 11) is 0. The summed E-state index contributed by atoms with van der Waals surface area (Å²) in [6, 6.07) is 9.04. The van der Waals surface area contributed by atoms with Crippen molar-refractivity contribution in [1.82, 2.24) is 4.98 Å². The van der Waals surface area contributed by atoms with Crippen LogP contribution in [-0.4, -0.2) is 4.98 Å². The van der Waals surface area contributed by atoms with Crippen molar-refractivity contribution in [2.45, 2.75) is 6.61 Å². The zero-order valence-corrected chi connectivity index (χ0v) is 13.6. The molecule has 0 bridgehead atoms. The molecule has 1 heterocycles. The maximum Gasteiger partial charge on any atom is 0.148 e. The average Bonchev–Trinajstić information content (AvgIpc) is 2.33. The molecule has 0 spiro atoms. The van der Waals surface area contributed by atoms with E-state index in [0.29, 0.717) is 21.6 Å². The van der Waals surface area contributed by atoms with Crippen molar-refractivity contribution < 1.29 is 4.74 Å². The molecule has 6 heteroatoms. The molecule has 0 unspecified atom stereocenters. The molecule has 0 aliphatic heterocycles. The standard InChI is InChI=1S/C12H7Br2Cl2NO/c13-7-2-1-3-8(14)12(7)18-6-10-9(15)4-5-11(16)17-10/h1-5H,6H2. The lowest BCUT2D eigenvalue weighted by molar-refractivity contribution is 0.297. The molecule has 0 aliphatic rings. The fourth-order valence-electron chi connectivity index (χ4n) is 1.32. The summed E-state index contributed by atoms with van der Waals surface area (Å²) < 4.78 is 7.40. The van der Waals surface area contributed by atoms with E-state index in [1.807, 2.05) is 18.2 Å². The Hall–Kier alpha value is -0.290. The molecular formula is C12H7Br2Cl2NO. The van der Waals surface area contributed by atoms with Crippen LogP contribution >= 0.6 is 55.1 Å². The van der Waals surface area contributed by atoms with Gasteiger partial charge in [-0.25, -0.2) is 4.98 Å². The number of pyridine rings is 1. The van der Waals surface area contributed by atoms with Gasteiger partial charge in [-0.15, -0.1) is 0 Å². The van der Waals surface area contributed by atoms with Crippen LogP contribution in [0, 0.1) is 0 Å². The van der Waals surface area contributed by atoms with Gasteiger partial charge < -0.3 is 4.74 Å². The van der Waals surface area contributed by atoms with Crippen molar-refractivity contribution in [3.8, 4) is 5.75 Å². The minimum Gasteiger partial charge on any atom is -0.485 e. The second-order valence-corrected chi connectivity index (χ2v) is 5.91. The number of nitrogens with zero attached hydrogens (tertiary/aromatic N) is 1. The molecular weight excluding hydrogens is 405 g/mol. The minimum absolute atomic E-state index is 0.251. The summed E-state index contributed by atoms with van der Waals surface area (Å²) in [5.41, 5.74) is 0.604. The van der Waals surface area contributed by atoms with Gasteiger partial charge in [0.1, 0.15) is 17.5 Å². The van der Waals surface area contributed by atoms with E-state index in [9.17, 15) is 0 Å². The Morgan fingerprint density at radius 2 is 1.72 bits per heavy atom. The molecule has 18 heavy (non-hydrogen) atoms. The molecule has 2 rings (SSSR count). The summed E-state index contributed by atoms with van der Waals surface area (Å²) in [6.45, 7) is 0.251. The number of benzene rings is 1. The lowest BCUT2D eigenvalue weighted by Crippen LogP contribution is -2.00. The highest BCUT2D eigenvalue weighted by Crippen LogP contribution is 2.33. The van der Waals surface area contributed by atoms with Crippen LogP contribution in [0.5, 0.6) is 5.75 Å². The Morgan fingerprint density at radius 3 is 2.39 bits per heavy atom. The highest BCUT2D eigenvalue weighted by Gasteiger charge is 2.09. The fourth-order valence-corrected chi connectivity index (χ4v) is 2.87. The maximum absolute atomic E-state index is 6.02. The highest BCUT2D eigenvalue weighted by molar-refractivity contribution is 9.11. The van der Waals surface area contributed by atoms with Gasteiger partial charge in [-0.3, -0.25) is 0 Å². The summed E-state index contributed by atoms with van der Waals surface area (Å²) in [5.74, 6) is 0.704. The normalized spacial score (nSPS) is 10.4. The van der Waals surface area contributed by atoms with Gasteiger partial charge in [-0.05, 0) is 56.1 Å². The van der Waals surface area contributed by atoms with Crippen LogP contribution in [0.25, 0.3) is 0 Å². The highest BCUT2D eigenvalue weighted by atomic mass is 79.9. The van der Waals surface area contributed by atoms with Gasteiger partial charge in [0, 0.05) is 0 Å². The summed E-state index contributed by atoms with van der Waals surface area (Å²) >= 11 is 18.7. The van der Waals surface area contributed by atoms with Crippen molar-refractivity contribution >= 4 is 55.1 Å². The van der Waals surface area contributed by atoms with Gasteiger partial charge in [0.25, 0.3) is 0 Å². The van der Waals surface area contributed by atoms with Crippen molar-refractivity contribution in [3.63, 3.8) is 0 Å². The Kier molecular flexibility index (Phi) is 4.90. The molecule has 94 valence electrons. The van der Waals surface area contributed by atoms with Crippen LogP contribution in [0.15, 0.2) is 39.3 Å². The maximum atomic E-state index is 6.02. The molecule has 1 aromatic carbocycles. The summed E-state index contributed by atoms with van der Waals surface area (Å²) in [6.07, 6.45) is 0. The zero-order chi connectivity index (χ0) is 13.1. The average molecular weight is 412 g/mol. The van der Waals surface area contributed by atoms with Gasteiger partial charge in [0.05, 0.1) is 19.7 Å². The number of halogens is 4. The molecule has 0 fully saturated rings. The third-order valence-corrected chi connectivity index (χ3v) is 3.96. The number of para-hydroxylation sites is 1. The smallest absolute Gasteiger partial charge is 0.148 e. The van der Waals surface area contributed by atoms with Crippen molar-refractivity contribution in [1.29, 1.82) is 0 Å². The van der Waals surface area contributed by atoms with Crippen LogP contribution in [0.3, 0.4) is 0 Å². The molecule has 2 aromatic rings. The Bertz CT molecular complexity index is 558. The molecule has 0 atom stereocenters. The second-order valence-electron chi connectivity index (χ2n) is 3.40. The fraction of sp³-hybridized carbons (Fsp3) is 0.0833. The second kappa shape index (κ2) is 6.24. The molecule has 1 aromatic heterocycles. The van der Waals surface area contributed by atoms with Crippen molar-refractivity contribution in [2.24, 2.45) is 0 Å². The first-order valence-corrected chi connectivity index (χ1v) is 7.30. The number of ether oxygens (including phenoxy) is 1. The largest absolute Gasteiger partial charge is 0.485 e. The predicted molar refractivity (Wildman–Crippen MR) is 80.4 cm³/mol. The Balaban J connectivity index is 2.19. The van der Waals surface area contributed by atoms with Crippen molar-refractivity contribution in [2.75, 3.05) is 0 Å². The van der Waals surface area contributed by atoms with Gasteiger partial charge in [0.2, 0.25) is 0 Å². The van der Waals surface area contributed by atoms with Gasteiger partial charge in [-0.2, -0.15) is 0 Å². The molecule has 0 saturated carbocycles. The molecule has 0 aliphatic carbocycles. The molecule has 0 amide bonds. The van der Waals surface area contributed by atoms with Gasteiger partial charge in [0.15, 0.2) is 0 Å². The first-order chi connectivity index (χ1) is 8.58. The predicted octanol–water partition coefficient (Wildman–Crippen LogP) is 5.49. The Morgan fingerprint density at radius 1 is 1.06 bits per heavy atom. The van der Waals surface area contributed by atoms with E-state index < -0.39 is 0 Å². The van der Waals surface area contributed by atoms with E-state index in [2.05, 4.69) is 36.8 Å². The number of hydrogen-bond donors (Lipinski definition) is 0. The monoisotopic (exact) mass is 409 g/mol. The van der Waals surface area contributed by atoms with Crippen LogP contribution < -0.4 is 4.74 Å².